The summed E-state index contributed by atoms with van der Waals surface area (Å²) in [6, 6.07) is 7.79. The van der Waals surface area contributed by atoms with Crippen LogP contribution in [0.25, 0.3) is 11.4 Å². The molecule has 1 aromatic heterocycles. The van der Waals surface area contributed by atoms with Crippen molar-refractivity contribution in [3.63, 3.8) is 0 Å². The van der Waals surface area contributed by atoms with Gasteiger partial charge in [-0.3, -0.25) is 0 Å². The standard InChI is InChI=1S/C13H15N3O/c1-2-3-8-17-12-6-4-11(5-7-12)13-15-9-14-10-16-13/h4-7,9-10H,2-3,8H2,1H3. The summed E-state index contributed by atoms with van der Waals surface area (Å²) in [4.78, 5) is 12.0. The van der Waals surface area contributed by atoms with Crippen molar-refractivity contribution in [3.8, 4) is 17.1 Å². The lowest BCUT2D eigenvalue weighted by Crippen LogP contribution is -1.96. The second kappa shape index (κ2) is 5.94. The highest BCUT2D eigenvalue weighted by atomic mass is 16.5. The Labute approximate surface area is 101 Å². The minimum atomic E-state index is 0.681. The lowest BCUT2D eigenvalue weighted by Gasteiger charge is -2.05. The number of unbranched alkanes of at least 4 members (excludes halogenated alkanes) is 1. The molecular formula is C13H15N3O. The Kier molecular flexibility index (Phi) is 4.02. The van der Waals surface area contributed by atoms with E-state index in [9.17, 15) is 0 Å². The molecule has 1 aromatic carbocycles. The van der Waals surface area contributed by atoms with Gasteiger partial charge in [0.15, 0.2) is 5.82 Å². The van der Waals surface area contributed by atoms with E-state index in [1.54, 1.807) is 0 Å². The van der Waals surface area contributed by atoms with E-state index < -0.39 is 0 Å². The minimum Gasteiger partial charge on any atom is -0.494 e. The molecule has 88 valence electrons. The molecule has 17 heavy (non-hydrogen) atoms. The molecule has 0 radical (unpaired) electrons. The Morgan fingerprint density at radius 1 is 1.06 bits per heavy atom. The zero-order valence-electron chi connectivity index (χ0n) is 9.84. The third-order valence-corrected chi connectivity index (χ3v) is 2.37. The Hall–Kier alpha value is -1.97. The molecule has 1 heterocycles. The molecule has 0 bridgehead atoms. The van der Waals surface area contributed by atoms with Gasteiger partial charge in [-0.25, -0.2) is 15.0 Å². The Morgan fingerprint density at radius 2 is 1.76 bits per heavy atom. The van der Waals surface area contributed by atoms with Crippen molar-refractivity contribution in [1.82, 2.24) is 15.0 Å². The minimum absolute atomic E-state index is 0.681. The fraction of sp³-hybridized carbons (Fsp3) is 0.308. The quantitative estimate of drug-likeness (QED) is 0.739. The zero-order valence-corrected chi connectivity index (χ0v) is 9.84. The normalized spacial score (nSPS) is 10.2. The first-order chi connectivity index (χ1) is 8.40. The molecule has 0 N–H and O–H groups in total. The van der Waals surface area contributed by atoms with Crippen LogP contribution in [0.2, 0.25) is 0 Å². The summed E-state index contributed by atoms with van der Waals surface area (Å²) >= 11 is 0. The smallest absolute Gasteiger partial charge is 0.162 e. The first-order valence-electron chi connectivity index (χ1n) is 5.75. The van der Waals surface area contributed by atoms with Crippen LogP contribution < -0.4 is 4.74 Å². The van der Waals surface area contributed by atoms with Crippen molar-refractivity contribution < 1.29 is 4.74 Å². The molecule has 4 heteroatoms. The van der Waals surface area contributed by atoms with Gasteiger partial charge in [-0.05, 0) is 30.7 Å². The van der Waals surface area contributed by atoms with Gasteiger partial charge in [-0.15, -0.1) is 0 Å². The zero-order chi connectivity index (χ0) is 11.9. The number of hydrogen-bond donors (Lipinski definition) is 0. The number of nitrogens with zero attached hydrogens (tertiary/aromatic N) is 3. The molecule has 2 aromatic rings. The van der Waals surface area contributed by atoms with E-state index in [0.29, 0.717) is 5.82 Å². The largest absolute Gasteiger partial charge is 0.494 e. The van der Waals surface area contributed by atoms with Gasteiger partial charge in [0.05, 0.1) is 6.61 Å². The van der Waals surface area contributed by atoms with E-state index in [0.717, 1.165) is 30.8 Å². The van der Waals surface area contributed by atoms with Gasteiger partial charge in [0.2, 0.25) is 0 Å². The average Bonchev–Trinajstić information content (AvgIpc) is 2.41. The summed E-state index contributed by atoms with van der Waals surface area (Å²) in [5.41, 5.74) is 0.968. The van der Waals surface area contributed by atoms with Gasteiger partial charge >= 0.3 is 0 Å². The molecule has 4 nitrogen and oxygen atoms in total. The lowest BCUT2D eigenvalue weighted by molar-refractivity contribution is 0.309. The molecule has 0 aliphatic rings. The van der Waals surface area contributed by atoms with Crippen molar-refractivity contribution in [2.45, 2.75) is 19.8 Å². The number of hydrogen-bond acceptors (Lipinski definition) is 4. The van der Waals surface area contributed by atoms with Crippen LogP contribution in [0.5, 0.6) is 5.75 Å². The molecule has 0 unspecified atom stereocenters. The van der Waals surface area contributed by atoms with Gasteiger partial charge in [0.25, 0.3) is 0 Å². The van der Waals surface area contributed by atoms with Crippen LogP contribution in [0.3, 0.4) is 0 Å². The fourth-order valence-electron chi connectivity index (χ4n) is 1.42. The van der Waals surface area contributed by atoms with Gasteiger partial charge in [0.1, 0.15) is 18.4 Å². The Morgan fingerprint density at radius 3 is 2.41 bits per heavy atom. The van der Waals surface area contributed by atoms with Crippen LogP contribution in [0, 0.1) is 0 Å². The van der Waals surface area contributed by atoms with Crippen molar-refractivity contribution in [3.05, 3.63) is 36.9 Å². The van der Waals surface area contributed by atoms with Crippen molar-refractivity contribution in [2.24, 2.45) is 0 Å². The van der Waals surface area contributed by atoms with E-state index in [4.69, 9.17) is 4.74 Å². The first kappa shape index (κ1) is 11.5. The molecule has 2 rings (SSSR count). The van der Waals surface area contributed by atoms with Gasteiger partial charge < -0.3 is 4.74 Å². The predicted octanol–water partition coefficient (Wildman–Crippen LogP) is 2.72. The summed E-state index contributed by atoms with van der Waals surface area (Å²) in [7, 11) is 0. The molecule has 0 aliphatic heterocycles. The summed E-state index contributed by atoms with van der Waals surface area (Å²) in [6.07, 6.45) is 5.21. The molecule has 0 fully saturated rings. The molecule has 0 atom stereocenters. The van der Waals surface area contributed by atoms with Crippen LogP contribution in [0.1, 0.15) is 19.8 Å². The second-order valence-electron chi connectivity index (χ2n) is 3.69. The van der Waals surface area contributed by atoms with Crippen molar-refractivity contribution in [2.75, 3.05) is 6.61 Å². The van der Waals surface area contributed by atoms with Crippen molar-refractivity contribution >= 4 is 0 Å². The summed E-state index contributed by atoms with van der Waals surface area (Å²) in [5.74, 6) is 1.57. The van der Waals surface area contributed by atoms with E-state index in [1.807, 2.05) is 24.3 Å². The maximum atomic E-state index is 5.58. The highest BCUT2D eigenvalue weighted by Crippen LogP contribution is 2.18. The highest BCUT2D eigenvalue weighted by Gasteiger charge is 2.00. The molecule has 0 saturated carbocycles. The molecule has 0 amide bonds. The van der Waals surface area contributed by atoms with Gasteiger partial charge in [0, 0.05) is 5.56 Å². The lowest BCUT2D eigenvalue weighted by atomic mass is 10.2. The summed E-state index contributed by atoms with van der Waals surface area (Å²) in [6.45, 7) is 2.91. The van der Waals surface area contributed by atoms with Crippen LogP contribution >= 0.6 is 0 Å². The average molecular weight is 229 g/mol. The monoisotopic (exact) mass is 229 g/mol. The van der Waals surface area contributed by atoms with Crippen molar-refractivity contribution in [1.29, 1.82) is 0 Å². The van der Waals surface area contributed by atoms with Gasteiger partial charge in [-0.2, -0.15) is 0 Å². The topological polar surface area (TPSA) is 47.9 Å². The van der Waals surface area contributed by atoms with E-state index in [1.165, 1.54) is 12.7 Å². The van der Waals surface area contributed by atoms with Crippen LogP contribution in [-0.4, -0.2) is 21.6 Å². The third kappa shape index (κ3) is 3.24. The second-order valence-corrected chi connectivity index (χ2v) is 3.69. The van der Waals surface area contributed by atoms with Crippen LogP contribution in [0.15, 0.2) is 36.9 Å². The first-order valence-corrected chi connectivity index (χ1v) is 5.75. The highest BCUT2D eigenvalue weighted by molar-refractivity contribution is 5.55. The van der Waals surface area contributed by atoms with Crippen LogP contribution in [0.4, 0.5) is 0 Å². The number of aromatic nitrogens is 3. The Bertz CT molecular complexity index is 442. The third-order valence-electron chi connectivity index (χ3n) is 2.37. The fourth-order valence-corrected chi connectivity index (χ4v) is 1.42. The van der Waals surface area contributed by atoms with E-state index in [2.05, 4.69) is 21.9 Å². The molecule has 0 saturated heterocycles. The summed E-state index contributed by atoms with van der Waals surface area (Å²) < 4.78 is 5.58. The SMILES string of the molecule is CCCCOc1ccc(-c2ncncn2)cc1. The van der Waals surface area contributed by atoms with Gasteiger partial charge in [-0.1, -0.05) is 13.3 Å². The number of benzene rings is 1. The molecule has 0 aliphatic carbocycles. The predicted molar refractivity (Wildman–Crippen MR) is 65.7 cm³/mol. The van der Waals surface area contributed by atoms with E-state index in [-0.39, 0.29) is 0 Å². The molecular weight excluding hydrogens is 214 g/mol. The summed E-state index contributed by atoms with van der Waals surface area (Å²) in [5, 5.41) is 0. The molecule has 0 spiro atoms. The van der Waals surface area contributed by atoms with Crippen LogP contribution in [-0.2, 0) is 0 Å². The number of ether oxygens (including phenoxy) is 1. The number of rotatable bonds is 5. The maximum Gasteiger partial charge on any atom is 0.162 e. The van der Waals surface area contributed by atoms with E-state index >= 15 is 0 Å². The Balaban J connectivity index is 2.03. The maximum absolute atomic E-state index is 5.58.